The zero-order valence-corrected chi connectivity index (χ0v) is 18.4. The van der Waals surface area contributed by atoms with Crippen molar-refractivity contribution >= 4 is 45.3 Å². The van der Waals surface area contributed by atoms with Gasteiger partial charge in [0, 0.05) is 17.5 Å². The highest BCUT2D eigenvalue weighted by Gasteiger charge is 2.17. The van der Waals surface area contributed by atoms with E-state index in [0.29, 0.717) is 16.8 Å². The summed E-state index contributed by atoms with van der Waals surface area (Å²) in [7, 11) is 0. The van der Waals surface area contributed by atoms with Crippen LogP contribution in [0.3, 0.4) is 0 Å². The minimum absolute atomic E-state index is 0.120. The molecule has 4 aromatic rings. The Hall–Kier alpha value is -3.63. The predicted octanol–water partition coefficient (Wildman–Crippen LogP) is 2.96. The lowest BCUT2D eigenvalue weighted by atomic mass is 10.1. The van der Waals surface area contributed by atoms with Crippen LogP contribution in [0.25, 0.3) is 21.3 Å². The molecule has 0 saturated carbocycles. The maximum atomic E-state index is 12.9. The smallest absolute Gasteiger partial charge is 0.321 e. The van der Waals surface area contributed by atoms with Gasteiger partial charge in [0.2, 0.25) is 5.91 Å². The molecule has 0 atom stereocenters. The van der Waals surface area contributed by atoms with E-state index >= 15 is 0 Å². The fourth-order valence-corrected chi connectivity index (χ4v) is 4.74. The first-order valence-corrected chi connectivity index (χ1v) is 11.5. The van der Waals surface area contributed by atoms with Gasteiger partial charge in [-0.3, -0.25) is 14.9 Å². The fraction of sp³-hybridized carbons (Fsp3) is 0.0909. The van der Waals surface area contributed by atoms with Crippen LogP contribution in [0.1, 0.15) is 5.56 Å². The van der Waals surface area contributed by atoms with Crippen LogP contribution in [0.5, 0.6) is 0 Å². The summed E-state index contributed by atoms with van der Waals surface area (Å²) in [5.74, 6) is 5.33. The second-order valence-corrected chi connectivity index (χ2v) is 8.57. The van der Waals surface area contributed by atoms with E-state index in [1.54, 1.807) is 0 Å². The number of hydrogen-bond donors (Lipinski definition) is 3. The van der Waals surface area contributed by atoms with Crippen molar-refractivity contribution < 1.29 is 9.59 Å². The number of nitrogens with zero attached hydrogens (tertiary/aromatic N) is 2. The molecule has 0 saturated heterocycles. The van der Waals surface area contributed by atoms with Crippen LogP contribution < -0.4 is 22.0 Å². The summed E-state index contributed by atoms with van der Waals surface area (Å²) in [5.41, 5.74) is 2.20. The first-order valence-electron chi connectivity index (χ1n) is 9.62. The summed E-state index contributed by atoms with van der Waals surface area (Å²) < 4.78 is 0.939. The molecule has 0 radical (unpaired) electrons. The second-order valence-electron chi connectivity index (χ2n) is 6.77. The molecule has 162 valence electrons. The van der Waals surface area contributed by atoms with E-state index in [0.717, 1.165) is 33.1 Å². The number of imide groups is 1. The number of thioether (sulfide) groups is 1. The van der Waals surface area contributed by atoms with E-state index in [9.17, 15) is 14.4 Å². The van der Waals surface area contributed by atoms with Crippen LogP contribution in [-0.2, 0) is 11.3 Å². The van der Waals surface area contributed by atoms with Crippen LogP contribution in [0.15, 0.2) is 76.0 Å². The lowest BCUT2D eigenvalue weighted by Gasteiger charge is -2.09. The van der Waals surface area contributed by atoms with Crippen molar-refractivity contribution in [2.75, 3.05) is 11.6 Å². The number of urea groups is 1. The number of benzene rings is 2. The second kappa shape index (κ2) is 9.67. The molecule has 0 spiro atoms. The van der Waals surface area contributed by atoms with Crippen molar-refractivity contribution in [2.24, 2.45) is 0 Å². The summed E-state index contributed by atoms with van der Waals surface area (Å²) in [6.07, 6.45) is 0. The average Bonchev–Trinajstić information content (AvgIpc) is 3.24. The summed E-state index contributed by atoms with van der Waals surface area (Å²) in [6.45, 7) is 0.301. The standard InChI is InChI=1S/C22H19N5O3S2/c23-27-20(29)18-16(15-9-5-2-6-10-15)12-31-19(18)26-22(27)32-13-17(28)25-21(30)24-11-14-7-3-1-4-8-14/h1-10,12H,11,13,23H2,(H2,24,25,28,30). The monoisotopic (exact) mass is 465 g/mol. The van der Waals surface area contributed by atoms with Gasteiger partial charge in [-0.2, -0.15) is 0 Å². The molecule has 10 heteroatoms. The molecule has 2 heterocycles. The Kier molecular flexibility index (Phi) is 6.52. The number of nitrogens with one attached hydrogen (secondary N) is 2. The number of hydrogen-bond acceptors (Lipinski definition) is 7. The van der Waals surface area contributed by atoms with Gasteiger partial charge < -0.3 is 11.2 Å². The van der Waals surface area contributed by atoms with E-state index in [1.807, 2.05) is 66.0 Å². The molecule has 8 nitrogen and oxygen atoms in total. The highest BCUT2D eigenvalue weighted by molar-refractivity contribution is 7.99. The largest absolute Gasteiger partial charge is 0.334 e. The molecule has 0 aliphatic rings. The van der Waals surface area contributed by atoms with Crippen LogP contribution in [0, 0.1) is 0 Å². The van der Waals surface area contributed by atoms with E-state index in [-0.39, 0.29) is 10.9 Å². The summed E-state index contributed by atoms with van der Waals surface area (Å²) in [5, 5.41) is 7.38. The van der Waals surface area contributed by atoms with E-state index in [4.69, 9.17) is 5.84 Å². The number of nitrogen functional groups attached to an aromatic ring is 1. The van der Waals surface area contributed by atoms with Gasteiger partial charge in [-0.1, -0.05) is 72.4 Å². The number of rotatable bonds is 6. The van der Waals surface area contributed by atoms with Crippen LogP contribution >= 0.6 is 23.1 Å². The summed E-state index contributed by atoms with van der Waals surface area (Å²) in [6, 6.07) is 18.3. The SMILES string of the molecule is Nn1c(SCC(=O)NC(=O)NCc2ccccc2)nc2scc(-c3ccccc3)c2c1=O. The lowest BCUT2D eigenvalue weighted by Crippen LogP contribution is -2.40. The number of nitrogens with two attached hydrogens (primary N) is 1. The topological polar surface area (TPSA) is 119 Å². The third-order valence-electron chi connectivity index (χ3n) is 4.57. The Morgan fingerprint density at radius 2 is 1.75 bits per heavy atom. The van der Waals surface area contributed by atoms with Gasteiger partial charge >= 0.3 is 6.03 Å². The van der Waals surface area contributed by atoms with Gasteiger partial charge in [-0.25, -0.2) is 14.5 Å². The minimum atomic E-state index is -0.598. The molecule has 2 aromatic heterocycles. The van der Waals surface area contributed by atoms with Crippen molar-refractivity contribution in [3.8, 4) is 11.1 Å². The third-order valence-corrected chi connectivity index (χ3v) is 6.40. The Morgan fingerprint density at radius 1 is 1.06 bits per heavy atom. The number of thiophene rings is 1. The van der Waals surface area contributed by atoms with Gasteiger partial charge in [-0.05, 0) is 11.1 Å². The Bertz CT molecular complexity index is 1320. The molecule has 0 aliphatic carbocycles. The van der Waals surface area contributed by atoms with Crippen molar-refractivity contribution in [2.45, 2.75) is 11.7 Å². The number of fused-ring (bicyclic) bond motifs is 1. The lowest BCUT2D eigenvalue weighted by molar-refractivity contribution is -0.117. The normalized spacial score (nSPS) is 10.8. The van der Waals surface area contributed by atoms with E-state index in [1.165, 1.54) is 11.3 Å². The van der Waals surface area contributed by atoms with Crippen LogP contribution in [0.4, 0.5) is 4.79 Å². The third kappa shape index (κ3) is 4.82. The Labute approximate surface area is 191 Å². The average molecular weight is 466 g/mol. The fourth-order valence-electron chi connectivity index (χ4n) is 3.03. The first-order chi connectivity index (χ1) is 15.5. The van der Waals surface area contributed by atoms with Gasteiger partial charge in [0.25, 0.3) is 5.56 Å². The number of carbonyl (C=O) groups is 2. The van der Waals surface area contributed by atoms with E-state index < -0.39 is 17.5 Å². The maximum Gasteiger partial charge on any atom is 0.321 e. The van der Waals surface area contributed by atoms with Gasteiger partial charge in [-0.15, -0.1) is 11.3 Å². The van der Waals surface area contributed by atoms with Crippen LogP contribution in [-0.4, -0.2) is 27.4 Å². The number of carbonyl (C=O) groups excluding carboxylic acids is 2. The molecule has 0 bridgehead atoms. The minimum Gasteiger partial charge on any atom is -0.334 e. The number of aromatic nitrogens is 2. The highest BCUT2D eigenvalue weighted by atomic mass is 32.2. The predicted molar refractivity (Wildman–Crippen MR) is 127 cm³/mol. The quantitative estimate of drug-likeness (QED) is 0.229. The molecule has 0 unspecified atom stereocenters. The zero-order valence-electron chi connectivity index (χ0n) is 16.8. The molecule has 2 aromatic carbocycles. The van der Waals surface area contributed by atoms with Crippen molar-refractivity contribution in [3.63, 3.8) is 0 Å². The van der Waals surface area contributed by atoms with E-state index in [2.05, 4.69) is 15.6 Å². The first kappa shape index (κ1) is 21.6. The zero-order chi connectivity index (χ0) is 22.5. The molecule has 3 amide bonds. The van der Waals surface area contributed by atoms with Crippen molar-refractivity contribution in [1.29, 1.82) is 0 Å². The maximum absolute atomic E-state index is 12.9. The van der Waals surface area contributed by atoms with Gasteiger partial charge in [0.15, 0.2) is 5.16 Å². The molecule has 0 aliphatic heterocycles. The molecular formula is C22H19N5O3S2. The van der Waals surface area contributed by atoms with Crippen LogP contribution in [0.2, 0.25) is 0 Å². The number of amides is 3. The Morgan fingerprint density at radius 3 is 2.47 bits per heavy atom. The Balaban J connectivity index is 1.41. The molecule has 4 rings (SSSR count). The summed E-state index contributed by atoms with van der Waals surface area (Å²) >= 11 is 2.32. The molecule has 0 fully saturated rings. The van der Waals surface area contributed by atoms with Gasteiger partial charge in [0.05, 0.1) is 11.1 Å². The highest BCUT2D eigenvalue weighted by Crippen LogP contribution is 2.31. The molecular weight excluding hydrogens is 446 g/mol. The van der Waals surface area contributed by atoms with Crippen molar-refractivity contribution in [3.05, 3.63) is 82.0 Å². The molecule has 32 heavy (non-hydrogen) atoms. The molecule has 4 N–H and O–H groups in total. The van der Waals surface area contributed by atoms with Gasteiger partial charge in [0.1, 0.15) is 4.83 Å². The summed E-state index contributed by atoms with van der Waals surface area (Å²) in [4.78, 5) is 41.9. The van der Waals surface area contributed by atoms with Crippen molar-refractivity contribution in [1.82, 2.24) is 20.3 Å².